The molecule has 4 atom stereocenters. The molecule has 2 fully saturated rings. The maximum atomic E-state index is 6.03. The molecule has 0 amide bonds. The van der Waals surface area contributed by atoms with E-state index in [2.05, 4.69) is 9.97 Å². The molecule has 0 unspecified atom stereocenters. The van der Waals surface area contributed by atoms with Crippen LogP contribution in [0.3, 0.4) is 0 Å². The van der Waals surface area contributed by atoms with Gasteiger partial charge < -0.3 is 0 Å². The average molecular weight is 326 g/mol. The summed E-state index contributed by atoms with van der Waals surface area (Å²) in [7, 11) is 3.99. The lowest BCUT2D eigenvalue weighted by atomic mass is 9.96. The van der Waals surface area contributed by atoms with Crippen LogP contribution in [0.1, 0.15) is 36.4 Å². The minimum atomic E-state index is 0.00324. The summed E-state index contributed by atoms with van der Waals surface area (Å²) in [6.45, 7) is 0. The Kier molecular flexibility index (Phi) is 4.28. The highest BCUT2D eigenvalue weighted by Crippen LogP contribution is 2.40. The Morgan fingerprint density at radius 3 is 1.62 bits per heavy atom. The van der Waals surface area contributed by atoms with Gasteiger partial charge in [0.25, 0.3) is 0 Å². The summed E-state index contributed by atoms with van der Waals surface area (Å²) < 4.78 is 0. The molecule has 0 radical (unpaired) electrons. The highest BCUT2D eigenvalue weighted by atomic mass is 16.7. The average Bonchev–Trinajstić information content (AvgIpc) is 3.19. The second kappa shape index (κ2) is 6.57. The minimum absolute atomic E-state index is 0.00324. The molecular formula is C18H22N4O2. The van der Waals surface area contributed by atoms with Crippen LogP contribution in [0.5, 0.6) is 0 Å². The van der Waals surface area contributed by atoms with Crippen molar-refractivity contribution >= 4 is 0 Å². The molecule has 0 spiro atoms. The Balaban J connectivity index is 1.48. The van der Waals surface area contributed by atoms with Crippen LogP contribution in [0.15, 0.2) is 48.8 Å². The zero-order valence-corrected chi connectivity index (χ0v) is 13.9. The second-order valence-electron chi connectivity index (χ2n) is 6.40. The number of hydrogen-bond donors (Lipinski definition) is 0. The fourth-order valence-corrected chi connectivity index (χ4v) is 3.66. The summed E-state index contributed by atoms with van der Waals surface area (Å²) in [6.07, 6.45) is 5.44. The molecular weight excluding hydrogens is 304 g/mol. The standard InChI is InChI=1S/C18H22N4O2/c1-21-15(11-17(23-21)13-7-3-5-9-19-13)16-12-18(24-22(16)2)14-8-4-6-10-20-14/h3-10,15-18H,11-12H2,1-2H3/t15-,16+,17-,18+. The summed E-state index contributed by atoms with van der Waals surface area (Å²) >= 11 is 0. The molecule has 6 nitrogen and oxygen atoms in total. The third-order valence-corrected chi connectivity index (χ3v) is 4.91. The van der Waals surface area contributed by atoms with Crippen molar-refractivity contribution in [2.24, 2.45) is 0 Å². The van der Waals surface area contributed by atoms with Gasteiger partial charge in [0, 0.05) is 39.3 Å². The van der Waals surface area contributed by atoms with E-state index >= 15 is 0 Å². The Hall–Kier alpha value is -1.86. The fraction of sp³-hybridized carbons (Fsp3) is 0.444. The third-order valence-electron chi connectivity index (χ3n) is 4.91. The molecule has 126 valence electrons. The number of likely N-dealkylation sites (N-methyl/N-ethyl adjacent to an activating group) is 2. The smallest absolute Gasteiger partial charge is 0.123 e. The van der Waals surface area contributed by atoms with Crippen molar-refractivity contribution in [2.45, 2.75) is 37.1 Å². The van der Waals surface area contributed by atoms with Crippen molar-refractivity contribution in [1.29, 1.82) is 0 Å². The van der Waals surface area contributed by atoms with Crippen molar-refractivity contribution in [1.82, 2.24) is 20.1 Å². The number of pyridine rings is 2. The van der Waals surface area contributed by atoms with Gasteiger partial charge in [-0.2, -0.15) is 10.1 Å². The molecule has 0 saturated carbocycles. The summed E-state index contributed by atoms with van der Waals surface area (Å²) in [4.78, 5) is 20.9. The van der Waals surface area contributed by atoms with Crippen molar-refractivity contribution in [3.8, 4) is 0 Å². The lowest BCUT2D eigenvalue weighted by Gasteiger charge is -2.27. The number of rotatable bonds is 3. The molecule has 4 rings (SSSR count). The van der Waals surface area contributed by atoms with Crippen LogP contribution in [0.25, 0.3) is 0 Å². The molecule has 2 saturated heterocycles. The summed E-state index contributed by atoms with van der Waals surface area (Å²) in [5, 5.41) is 3.93. The fourth-order valence-electron chi connectivity index (χ4n) is 3.66. The first-order valence-corrected chi connectivity index (χ1v) is 8.33. The van der Waals surface area contributed by atoms with E-state index in [0.29, 0.717) is 0 Å². The molecule has 2 aromatic heterocycles. The largest absolute Gasteiger partial charge is 0.289 e. The summed E-state index contributed by atoms with van der Waals surface area (Å²) in [5.41, 5.74) is 1.96. The van der Waals surface area contributed by atoms with E-state index in [4.69, 9.17) is 9.68 Å². The first kappa shape index (κ1) is 15.7. The van der Waals surface area contributed by atoms with Gasteiger partial charge >= 0.3 is 0 Å². The minimum Gasteiger partial charge on any atom is -0.289 e. The van der Waals surface area contributed by atoms with E-state index < -0.39 is 0 Å². The Morgan fingerprint density at radius 1 is 0.792 bits per heavy atom. The van der Waals surface area contributed by atoms with Gasteiger partial charge in [-0.25, -0.2) is 0 Å². The molecule has 0 N–H and O–H groups in total. The van der Waals surface area contributed by atoms with E-state index in [0.717, 1.165) is 24.2 Å². The van der Waals surface area contributed by atoms with Gasteiger partial charge in [-0.15, -0.1) is 0 Å². The Labute approximate surface area is 141 Å². The van der Waals surface area contributed by atoms with E-state index in [1.54, 1.807) is 0 Å². The predicted molar refractivity (Wildman–Crippen MR) is 88.5 cm³/mol. The first-order chi connectivity index (χ1) is 11.7. The number of hydroxylamine groups is 4. The van der Waals surface area contributed by atoms with Gasteiger partial charge in [0.2, 0.25) is 0 Å². The predicted octanol–water partition coefficient (Wildman–Crippen LogP) is 2.53. The highest BCUT2D eigenvalue weighted by molar-refractivity contribution is 5.11. The molecule has 6 heteroatoms. The SMILES string of the molecule is CN1O[C@@H](c2ccccn2)C[C@@H]1[C@@H]1C[C@@H](c2ccccn2)ON1C. The number of hydrogen-bond acceptors (Lipinski definition) is 6. The maximum absolute atomic E-state index is 6.03. The lowest BCUT2D eigenvalue weighted by molar-refractivity contribution is -0.184. The van der Waals surface area contributed by atoms with Gasteiger partial charge in [0.05, 0.1) is 23.5 Å². The number of nitrogens with zero attached hydrogens (tertiary/aromatic N) is 4. The third kappa shape index (κ3) is 2.93. The van der Waals surface area contributed by atoms with Gasteiger partial charge in [-0.1, -0.05) is 12.1 Å². The zero-order chi connectivity index (χ0) is 16.5. The number of aromatic nitrogens is 2. The molecule has 2 aromatic rings. The molecule has 0 aromatic carbocycles. The topological polar surface area (TPSA) is 50.7 Å². The Morgan fingerprint density at radius 2 is 1.25 bits per heavy atom. The van der Waals surface area contributed by atoms with Crippen molar-refractivity contribution < 1.29 is 9.68 Å². The van der Waals surface area contributed by atoms with E-state index in [1.165, 1.54) is 0 Å². The van der Waals surface area contributed by atoms with Gasteiger partial charge in [0.1, 0.15) is 12.2 Å². The molecule has 4 heterocycles. The van der Waals surface area contributed by atoms with Crippen molar-refractivity contribution in [3.05, 3.63) is 60.2 Å². The van der Waals surface area contributed by atoms with Gasteiger partial charge in [0.15, 0.2) is 0 Å². The Bertz CT molecular complexity index is 610. The molecule has 2 aliphatic heterocycles. The quantitative estimate of drug-likeness (QED) is 0.864. The van der Waals surface area contributed by atoms with Crippen molar-refractivity contribution in [3.63, 3.8) is 0 Å². The van der Waals surface area contributed by atoms with Crippen molar-refractivity contribution in [2.75, 3.05) is 14.1 Å². The molecule has 2 aliphatic rings. The normalized spacial score (nSPS) is 31.6. The molecule has 24 heavy (non-hydrogen) atoms. The maximum Gasteiger partial charge on any atom is 0.123 e. The summed E-state index contributed by atoms with van der Waals surface area (Å²) in [6, 6.07) is 12.4. The van der Waals surface area contributed by atoms with Crippen LogP contribution in [0, 0.1) is 0 Å². The highest BCUT2D eigenvalue weighted by Gasteiger charge is 2.44. The van der Waals surface area contributed by atoms with Crippen LogP contribution in [0.2, 0.25) is 0 Å². The molecule has 0 bridgehead atoms. The van der Waals surface area contributed by atoms with Gasteiger partial charge in [-0.3, -0.25) is 19.6 Å². The van der Waals surface area contributed by atoms with E-state index in [1.807, 2.05) is 73.0 Å². The van der Waals surface area contributed by atoms with Crippen LogP contribution in [0.4, 0.5) is 0 Å². The van der Waals surface area contributed by atoms with Crippen LogP contribution in [-0.2, 0) is 9.68 Å². The van der Waals surface area contributed by atoms with Crippen LogP contribution in [-0.4, -0.2) is 46.3 Å². The zero-order valence-electron chi connectivity index (χ0n) is 13.9. The molecule has 0 aliphatic carbocycles. The van der Waals surface area contributed by atoms with Gasteiger partial charge in [-0.05, 0) is 24.3 Å². The van der Waals surface area contributed by atoms with Crippen LogP contribution < -0.4 is 0 Å². The monoisotopic (exact) mass is 326 g/mol. The summed E-state index contributed by atoms with van der Waals surface area (Å²) in [5.74, 6) is 0. The lowest BCUT2D eigenvalue weighted by Crippen LogP contribution is -2.42. The van der Waals surface area contributed by atoms with E-state index in [9.17, 15) is 0 Å². The van der Waals surface area contributed by atoms with E-state index in [-0.39, 0.29) is 24.3 Å². The first-order valence-electron chi connectivity index (χ1n) is 8.33. The second-order valence-corrected chi connectivity index (χ2v) is 6.40. The van der Waals surface area contributed by atoms with Crippen LogP contribution >= 0.6 is 0 Å².